The summed E-state index contributed by atoms with van der Waals surface area (Å²) in [5.41, 5.74) is -1.10. The van der Waals surface area contributed by atoms with Crippen molar-refractivity contribution in [2.75, 3.05) is 11.1 Å². The molecule has 6 nitrogen and oxygen atoms in total. The second kappa shape index (κ2) is 9.87. The third kappa shape index (κ3) is 6.37. The van der Waals surface area contributed by atoms with Gasteiger partial charge >= 0.3 is 0 Å². The van der Waals surface area contributed by atoms with Crippen LogP contribution in [-0.2, 0) is 14.6 Å². The Bertz CT molecular complexity index is 1180. The van der Waals surface area contributed by atoms with Gasteiger partial charge in [-0.25, -0.2) is 17.2 Å². The Morgan fingerprint density at radius 1 is 1.12 bits per heavy atom. The van der Waals surface area contributed by atoms with Gasteiger partial charge in [-0.05, 0) is 68.9 Å². The van der Waals surface area contributed by atoms with Crippen molar-refractivity contribution in [2.24, 2.45) is 5.92 Å². The lowest BCUT2D eigenvalue weighted by molar-refractivity contribution is -0.123. The summed E-state index contributed by atoms with van der Waals surface area (Å²) in [6.07, 6.45) is 1.59. The number of benzene rings is 2. The molecule has 1 saturated carbocycles. The molecule has 0 unspecified atom stereocenters. The number of nitrogens with one attached hydrogen (secondary N) is 1. The van der Waals surface area contributed by atoms with Crippen molar-refractivity contribution < 1.29 is 31.9 Å². The maximum atomic E-state index is 13.4. The molecule has 3 rings (SSSR count). The van der Waals surface area contributed by atoms with Gasteiger partial charge in [0.1, 0.15) is 5.78 Å². The van der Waals surface area contributed by atoms with Crippen molar-refractivity contribution in [3.8, 4) is 0 Å². The van der Waals surface area contributed by atoms with Gasteiger partial charge in [0.05, 0.1) is 21.3 Å². The summed E-state index contributed by atoms with van der Waals surface area (Å²) in [7, 11) is -3.86. The summed E-state index contributed by atoms with van der Waals surface area (Å²) in [6.45, 7) is 1.41. The number of aliphatic hydroxyl groups is 1. The van der Waals surface area contributed by atoms with E-state index in [0.29, 0.717) is 25.7 Å². The minimum absolute atomic E-state index is 0.0119. The second-order valence-corrected chi connectivity index (χ2v) is 11.0. The molecule has 0 aromatic heterocycles. The van der Waals surface area contributed by atoms with Crippen LogP contribution in [0.5, 0.6) is 0 Å². The standard InChI is InChI=1S/C23H24ClF2NO5S/c1-14(28)12-23(30)8-6-15(7-9-23)13-33(31,32)21-10-16(2-4-18(21)24)22(29)27-17-3-5-19(25)20(26)11-17/h2-5,10-11,15,30H,6-9,12-13H2,1H3,(H,27,29)/t15-,23-. The van der Waals surface area contributed by atoms with Gasteiger partial charge in [-0.2, -0.15) is 0 Å². The predicted octanol–water partition coefficient (Wildman–Crippen LogP) is 4.54. The van der Waals surface area contributed by atoms with Crippen LogP contribution in [0.4, 0.5) is 14.5 Å². The van der Waals surface area contributed by atoms with Crippen molar-refractivity contribution in [3.05, 3.63) is 58.6 Å². The normalized spacial score (nSPS) is 20.9. The van der Waals surface area contributed by atoms with Crippen molar-refractivity contribution in [3.63, 3.8) is 0 Å². The molecule has 2 aromatic carbocycles. The second-order valence-electron chi connectivity index (χ2n) is 8.56. The lowest BCUT2D eigenvalue weighted by Crippen LogP contribution is -2.37. The average Bonchev–Trinajstić information content (AvgIpc) is 2.72. The largest absolute Gasteiger partial charge is 0.389 e. The summed E-state index contributed by atoms with van der Waals surface area (Å²) < 4.78 is 52.6. The molecular weight excluding hydrogens is 476 g/mol. The van der Waals surface area contributed by atoms with E-state index in [1.807, 2.05) is 0 Å². The van der Waals surface area contributed by atoms with Crippen LogP contribution in [-0.4, -0.2) is 36.6 Å². The lowest BCUT2D eigenvalue weighted by Gasteiger charge is -2.35. The molecule has 10 heteroatoms. The summed E-state index contributed by atoms with van der Waals surface area (Å²) in [6, 6.07) is 6.64. The Morgan fingerprint density at radius 2 is 1.79 bits per heavy atom. The molecule has 33 heavy (non-hydrogen) atoms. The number of halogens is 3. The topological polar surface area (TPSA) is 101 Å². The molecule has 178 valence electrons. The SMILES string of the molecule is CC(=O)C[C@]1(O)CC[C@H](CS(=O)(=O)c2cc(C(=O)Nc3ccc(F)c(F)c3)ccc2Cl)CC1. The van der Waals surface area contributed by atoms with Crippen LogP contribution in [0, 0.1) is 17.6 Å². The molecule has 1 amide bonds. The van der Waals surface area contributed by atoms with E-state index in [9.17, 15) is 31.9 Å². The van der Waals surface area contributed by atoms with Gasteiger partial charge in [0.25, 0.3) is 5.91 Å². The maximum absolute atomic E-state index is 13.4. The van der Waals surface area contributed by atoms with Gasteiger partial charge in [-0.15, -0.1) is 0 Å². The highest BCUT2D eigenvalue weighted by molar-refractivity contribution is 7.91. The third-order valence-electron chi connectivity index (χ3n) is 5.77. The van der Waals surface area contributed by atoms with Crippen molar-refractivity contribution in [1.82, 2.24) is 0 Å². The Labute approximate surface area is 195 Å². The number of carbonyl (C=O) groups is 2. The molecular formula is C23H24ClF2NO5S. The van der Waals surface area contributed by atoms with Crippen LogP contribution in [0.15, 0.2) is 41.3 Å². The van der Waals surface area contributed by atoms with Gasteiger partial charge in [0, 0.05) is 23.7 Å². The van der Waals surface area contributed by atoms with Gasteiger partial charge in [-0.1, -0.05) is 11.6 Å². The molecule has 2 N–H and O–H groups in total. The smallest absolute Gasteiger partial charge is 0.255 e. The van der Waals surface area contributed by atoms with E-state index in [1.165, 1.54) is 25.1 Å². The zero-order valence-electron chi connectivity index (χ0n) is 17.9. The highest BCUT2D eigenvalue weighted by Gasteiger charge is 2.36. The average molecular weight is 500 g/mol. The van der Waals surface area contributed by atoms with Crippen molar-refractivity contribution >= 4 is 38.8 Å². The van der Waals surface area contributed by atoms with Crippen LogP contribution in [0.2, 0.25) is 5.02 Å². The fourth-order valence-electron chi connectivity index (χ4n) is 4.08. The van der Waals surface area contributed by atoms with E-state index >= 15 is 0 Å². The Hall–Kier alpha value is -2.36. The molecule has 0 atom stereocenters. The third-order valence-corrected chi connectivity index (χ3v) is 8.13. The number of ketones is 1. The van der Waals surface area contributed by atoms with Crippen molar-refractivity contribution in [1.29, 1.82) is 0 Å². The van der Waals surface area contributed by atoms with Crippen molar-refractivity contribution in [2.45, 2.75) is 49.5 Å². The van der Waals surface area contributed by atoms with Crippen LogP contribution in [0.1, 0.15) is 49.4 Å². The number of Topliss-reactive ketones (excluding diaryl/α,β-unsaturated/α-hetero) is 1. The van der Waals surface area contributed by atoms with E-state index in [-0.39, 0.29) is 45.0 Å². The van der Waals surface area contributed by atoms with E-state index in [2.05, 4.69) is 5.32 Å². The van der Waals surface area contributed by atoms with Gasteiger partial charge in [0.2, 0.25) is 0 Å². The first-order valence-corrected chi connectivity index (χ1v) is 12.4. The highest BCUT2D eigenvalue weighted by atomic mass is 35.5. The monoisotopic (exact) mass is 499 g/mol. The number of hydrogen-bond acceptors (Lipinski definition) is 5. The first-order valence-electron chi connectivity index (χ1n) is 10.4. The fourth-order valence-corrected chi connectivity index (χ4v) is 6.36. The minimum Gasteiger partial charge on any atom is -0.389 e. The molecule has 1 aliphatic carbocycles. The molecule has 2 aromatic rings. The molecule has 0 saturated heterocycles. The highest BCUT2D eigenvalue weighted by Crippen LogP contribution is 2.36. The summed E-state index contributed by atoms with van der Waals surface area (Å²) >= 11 is 6.12. The first kappa shape index (κ1) is 25.3. The zero-order valence-corrected chi connectivity index (χ0v) is 19.5. The molecule has 0 bridgehead atoms. The predicted molar refractivity (Wildman–Crippen MR) is 120 cm³/mol. The van der Waals surface area contributed by atoms with Crippen LogP contribution in [0.25, 0.3) is 0 Å². The van der Waals surface area contributed by atoms with E-state index < -0.39 is 33.0 Å². The van der Waals surface area contributed by atoms with Crippen LogP contribution in [0.3, 0.4) is 0 Å². The van der Waals surface area contributed by atoms with E-state index in [0.717, 1.165) is 18.2 Å². The Balaban J connectivity index is 1.73. The number of carbonyl (C=O) groups excluding carboxylic acids is 2. The first-order chi connectivity index (χ1) is 15.4. The Kier molecular flexibility index (Phi) is 7.55. The Morgan fingerprint density at radius 3 is 2.39 bits per heavy atom. The quantitative estimate of drug-likeness (QED) is 0.582. The number of sulfone groups is 1. The molecule has 1 aliphatic rings. The maximum Gasteiger partial charge on any atom is 0.255 e. The van der Waals surface area contributed by atoms with Gasteiger partial charge in [-0.3, -0.25) is 9.59 Å². The number of rotatable bonds is 7. The van der Waals surface area contributed by atoms with E-state index in [1.54, 1.807) is 0 Å². The molecule has 0 spiro atoms. The summed E-state index contributed by atoms with van der Waals surface area (Å²) in [5, 5.41) is 12.8. The number of anilines is 1. The van der Waals surface area contributed by atoms with Gasteiger partial charge < -0.3 is 10.4 Å². The van der Waals surface area contributed by atoms with Crippen LogP contribution < -0.4 is 5.32 Å². The molecule has 0 heterocycles. The molecule has 0 aliphatic heterocycles. The zero-order chi connectivity index (χ0) is 24.4. The summed E-state index contributed by atoms with van der Waals surface area (Å²) in [5.74, 6) is -3.45. The summed E-state index contributed by atoms with van der Waals surface area (Å²) in [4.78, 5) is 23.7. The molecule has 0 radical (unpaired) electrons. The molecule has 1 fully saturated rings. The minimum atomic E-state index is -3.86. The van der Waals surface area contributed by atoms with Crippen LogP contribution >= 0.6 is 11.6 Å². The fraction of sp³-hybridized carbons (Fsp3) is 0.391. The number of amides is 1. The number of hydrogen-bond donors (Lipinski definition) is 2. The van der Waals surface area contributed by atoms with Gasteiger partial charge in [0.15, 0.2) is 21.5 Å². The van der Waals surface area contributed by atoms with E-state index in [4.69, 9.17) is 11.6 Å². The lowest BCUT2D eigenvalue weighted by atomic mass is 9.77.